The average molecular weight is 255 g/mol. The standard InChI is InChI=1S/C9H10Cl3NO/c1-5(2)14-9-4-8(13-12)6(10)3-7(9)11/h3-5,13H,1-2H3. The Labute approximate surface area is 98.2 Å². The van der Waals surface area contributed by atoms with Crippen molar-refractivity contribution >= 4 is 40.7 Å². The van der Waals surface area contributed by atoms with E-state index >= 15 is 0 Å². The van der Waals surface area contributed by atoms with Crippen molar-refractivity contribution in [2.45, 2.75) is 20.0 Å². The molecule has 0 saturated carbocycles. The van der Waals surface area contributed by atoms with Gasteiger partial charge < -0.3 is 4.74 Å². The fraction of sp³-hybridized carbons (Fsp3) is 0.333. The van der Waals surface area contributed by atoms with Gasteiger partial charge >= 0.3 is 0 Å². The zero-order chi connectivity index (χ0) is 10.7. The SMILES string of the molecule is CC(C)Oc1cc(NCl)c(Cl)cc1Cl. The smallest absolute Gasteiger partial charge is 0.140 e. The predicted molar refractivity (Wildman–Crippen MR) is 61.7 cm³/mol. The van der Waals surface area contributed by atoms with Crippen molar-refractivity contribution in [2.75, 3.05) is 4.84 Å². The second-order valence-corrected chi connectivity index (χ2v) is 4.03. The van der Waals surface area contributed by atoms with Gasteiger partial charge in [0.15, 0.2) is 0 Å². The molecule has 2 nitrogen and oxygen atoms in total. The second kappa shape index (κ2) is 4.96. The molecule has 0 bridgehead atoms. The molecular formula is C9H10Cl3NO. The maximum Gasteiger partial charge on any atom is 0.140 e. The lowest BCUT2D eigenvalue weighted by molar-refractivity contribution is 0.243. The summed E-state index contributed by atoms with van der Waals surface area (Å²) in [5.41, 5.74) is 0.577. The van der Waals surface area contributed by atoms with Crippen LogP contribution >= 0.6 is 35.0 Å². The van der Waals surface area contributed by atoms with Crippen molar-refractivity contribution in [3.05, 3.63) is 22.2 Å². The Morgan fingerprint density at radius 2 is 1.86 bits per heavy atom. The van der Waals surface area contributed by atoms with Crippen LogP contribution in [0.25, 0.3) is 0 Å². The molecule has 0 heterocycles. The van der Waals surface area contributed by atoms with Gasteiger partial charge in [0.25, 0.3) is 0 Å². The number of halogens is 3. The third-order valence-corrected chi connectivity index (χ3v) is 2.30. The highest BCUT2D eigenvalue weighted by Crippen LogP contribution is 2.34. The largest absolute Gasteiger partial charge is 0.489 e. The molecule has 0 unspecified atom stereocenters. The molecule has 1 rings (SSSR count). The van der Waals surface area contributed by atoms with E-state index in [0.717, 1.165) is 0 Å². The van der Waals surface area contributed by atoms with E-state index in [2.05, 4.69) is 4.84 Å². The van der Waals surface area contributed by atoms with Crippen molar-refractivity contribution in [1.82, 2.24) is 0 Å². The Hall–Kier alpha value is -0.310. The second-order valence-electron chi connectivity index (χ2n) is 3.02. The van der Waals surface area contributed by atoms with Crippen molar-refractivity contribution in [3.63, 3.8) is 0 Å². The number of rotatable bonds is 3. The van der Waals surface area contributed by atoms with Gasteiger partial charge in [-0.2, -0.15) is 0 Å². The summed E-state index contributed by atoms with van der Waals surface area (Å²) in [6.07, 6.45) is 0.0526. The van der Waals surface area contributed by atoms with E-state index in [9.17, 15) is 0 Å². The molecule has 0 aliphatic heterocycles. The van der Waals surface area contributed by atoms with Gasteiger partial charge in [0.2, 0.25) is 0 Å². The maximum atomic E-state index is 5.92. The Balaban J connectivity index is 3.04. The Morgan fingerprint density at radius 1 is 1.21 bits per heavy atom. The molecule has 0 radical (unpaired) electrons. The highest BCUT2D eigenvalue weighted by molar-refractivity contribution is 6.38. The fourth-order valence-electron chi connectivity index (χ4n) is 0.946. The molecule has 0 spiro atoms. The highest BCUT2D eigenvalue weighted by Gasteiger charge is 2.08. The van der Waals surface area contributed by atoms with Crippen LogP contribution < -0.4 is 9.57 Å². The first-order chi connectivity index (χ1) is 6.54. The third-order valence-electron chi connectivity index (χ3n) is 1.49. The minimum Gasteiger partial charge on any atom is -0.489 e. The quantitative estimate of drug-likeness (QED) is 0.810. The lowest BCUT2D eigenvalue weighted by Gasteiger charge is -2.13. The summed E-state index contributed by atoms with van der Waals surface area (Å²) in [7, 11) is 0. The van der Waals surface area contributed by atoms with E-state index in [1.54, 1.807) is 12.1 Å². The van der Waals surface area contributed by atoms with E-state index in [-0.39, 0.29) is 6.10 Å². The van der Waals surface area contributed by atoms with Crippen molar-refractivity contribution in [2.24, 2.45) is 0 Å². The summed E-state index contributed by atoms with van der Waals surface area (Å²) >= 11 is 17.2. The summed E-state index contributed by atoms with van der Waals surface area (Å²) in [6, 6.07) is 3.25. The molecule has 0 aliphatic carbocycles. The molecule has 0 aliphatic rings. The molecule has 1 aromatic carbocycles. The Bertz CT molecular complexity index is 328. The third kappa shape index (κ3) is 2.84. The van der Waals surface area contributed by atoms with E-state index in [1.807, 2.05) is 13.8 Å². The van der Waals surface area contributed by atoms with Gasteiger partial charge in [-0.15, -0.1) is 0 Å². The molecule has 0 amide bonds. The molecule has 1 N–H and O–H groups in total. The van der Waals surface area contributed by atoms with E-state index in [0.29, 0.717) is 21.5 Å². The average Bonchev–Trinajstić information content (AvgIpc) is 2.09. The van der Waals surface area contributed by atoms with Crippen LogP contribution in [0.2, 0.25) is 10.0 Å². The van der Waals surface area contributed by atoms with E-state index < -0.39 is 0 Å². The van der Waals surface area contributed by atoms with Crippen LogP contribution in [0.4, 0.5) is 5.69 Å². The Morgan fingerprint density at radius 3 is 2.36 bits per heavy atom. The molecule has 5 heteroatoms. The summed E-state index contributed by atoms with van der Waals surface area (Å²) in [6.45, 7) is 3.83. The molecule has 78 valence electrons. The highest BCUT2D eigenvalue weighted by atomic mass is 35.5. The number of anilines is 1. The molecule has 0 aromatic heterocycles. The number of nitrogens with one attached hydrogen (secondary N) is 1. The van der Waals surface area contributed by atoms with Crippen LogP contribution in [0.5, 0.6) is 5.75 Å². The van der Waals surface area contributed by atoms with Crippen LogP contribution in [0, 0.1) is 0 Å². The summed E-state index contributed by atoms with van der Waals surface area (Å²) in [5, 5.41) is 0.931. The number of benzene rings is 1. The van der Waals surface area contributed by atoms with Gasteiger partial charge in [-0.25, -0.2) is 0 Å². The lowest BCUT2D eigenvalue weighted by Crippen LogP contribution is -2.06. The number of hydrogen-bond acceptors (Lipinski definition) is 2. The minimum absolute atomic E-state index is 0.0526. The predicted octanol–water partition coefficient (Wildman–Crippen LogP) is 4.35. The zero-order valence-electron chi connectivity index (χ0n) is 7.77. The first kappa shape index (κ1) is 11.8. The van der Waals surface area contributed by atoms with Crippen LogP contribution in [-0.4, -0.2) is 6.10 Å². The van der Waals surface area contributed by atoms with Gasteiger partial charge in [-0.3, -0.25) is 4.84 Å². The van der Waals surface area contributed by atoms with Crippen LogP contribution in [-0.2, 0) is 0 Å². The molecule has 1 aromatic rings. The van der Waals surface area contributed by atoms with E-state index in [4.69, 9.17) is 39.7 Å². The molecular weight excluding hydrogens is 244 g/mol. The van der Waals surface area contributed by atoms with Gasteiger partial charge in [0, 0.05) is 17.8 Å². The number of ether oxygens (including phenoxy) is 1. The summed E-state index contributed by atoms with van der Waals surface area (Å²) in [4.78, 5) is 2.44. The van der Waals surface area contributed by atoms with Crippen LogP contribution in [0.1, 0.15) is 13.8 Å². The van der Waals surface area contributed by atoms with Crippen molar-refractivity contribution in [3.8, 4) is 5.75 Å². The first-order valence-corrected chi connectivity index (χ1v) is 5.20. The summed E-state index contributed by atoms with van der Waals surface area (Å²) in [5.74, 6) is 0.564. The lowest BCUT2D eigenvalue weighted by atomic mass is 10.3. The first-order valence-electron chi connectivity index (χ1n) is 4.07. The monoisotopic (exact) mass is 253 g/mol. The van der Waals surface area contributed by atoms with Gasteiger partial charge in [-0.05, 0) is 19.9 Å². The zero-order valence-corrected chi connectivity index (χ0v) is 10.0. The normalized spacial score (nSPS) is 10.4. The molecule has 0 atom stereocenters. The molecule has 14 heavy (non-hydrogen) atoms. The van der Waals surface area contributed by atoms with Crippen molar-refractivity contribution < 1.29 is 4.74 Å². The number of hydrogen-bond donors (Lipinski definition) is 1. The van der Waals surface area contributed by atoms with Crippen LogP contribution in [0.3, 0.4) is 0 Å². The fourth-order valence-corrected chi connectivity index (χ4v) is 1.63. The summed E-state index contributed by atoms with van der Waals surface area (Å²) < 4.78 is 5.45. The van der Waals surface area contributed by atoms with Crippen LogP contribution in [0.15, 0.2) is 12.1 Å². The van der Waals surface area contributed by atoms with Gasteiger partial charge in [0.05, 0.1) is 21.8 Å². The van der Waals surface area contributed by atoms with Gasteiger partial charge in [-0.1, -0.05) is 23.2 Å². The minimum atomic E-state index is 0.0526. The maximum absolute atomic E-state index is 5.92. The molecule has 0 saturated heterocycles. The molecule has 0 fully saturated rings. The van der Waals surface area contributed by atoms with E-state index in [1.165, 1.54) is 0 Å². The Kier molecular flexibility index (Phi) is 4.17. The topological polar surface area (TPSA) is 21.3 Å². The van der Waals surface area contributed by atoms with Gasteiger partial charge in [0.1, 0.15) is 5.75 Å². The van der Waals surface area contributed by atoms with Crippen molar-refractivity contribution in [1.29, 1.82) is 0 Å².